The van der Waals surface area contributed by atoms with Crippen molar-refractivity contribution >= 4 is 23.5 Å². The molecule has 0 aromatic heterocycles. The van der Waals surface area contributed by atoms with Crippen molar-refractivity contribution in [1.29, 1.82) is 0 Å². The molecule has 120 valence electrons. The molecule has 0 saturated carbocycles. The summed E-state index contributed by atoms with van der Waals surface area (Å²) >= 11 is 5.84. The van der Waals surface area contributed by atoms with E-state index in [0.29, 0.717) is 24.4 Å². The van der Waals surface area contributed by atoms with Gasteiger partial charge in [0.05, 0.1) is 5.92 Å². The maximum atomic E-state index is 12.3. The van der Waals surface area contributed by atoms with Crippen molar-refractivity contribution in [2.75, 3.05) is 6.54 Å². The van der Waals surface area contributed by atoms with E-state index < -0.39 is 11.9 Å². The highest BCUT2D eigenvalue weighted by Gasteiger charge is 2.32. The molecule has 0 aliphatic carbocycles. The van der Waals surface area contributed by atoms with Gasteiger partial charge >= 0.3 is 5.97 Å². The normalized spacial score (nSPS) is 21.6. The summed E-state index contributed by atoms with van der Waals surface area (Å²) in [4.78, 5) is 25.2. The monoisotopic (exact) mass is 323 g/mol. The lowest BCUT2D eigenvalue weighted by atomic mass is 9.93. The second kappa shape index (κ2) is 7.63. The van der Waals surface area contributed by atoms with Crippen LogP contribution in [-0.2, 0) is 16.0 Å². The number of likely N-dealkylation sites (tertiary alicyclic amines) is 1. The molecule has 4 nitrogen and oxygen atoms in total. The number of carboxylic acid groups (broad SMARTS) is 1. The highest BCUT2D eigenvalue weighted by atomic mass is 35.5. The first-order chi connectivity index (χ1) is 10.5. The largest absolute Gasteiger partial charge is 0.481 e. The van der Waals surface area contributed by atoms with Crippen LogP contribution in [0.3, 0.4) is 0 Å². The van der Waals surface area contributed by atoms with Crippen molar-refractivity contribution in [3.05, 3.63) is 34.9 Å². The number of carbonyl (C=O) groups is 2. The van der Waals surface area contributed by atoms with Gasteiger partial charge in [0, 0.05) is 24.0 Å². The van der Waals surface area contributed by atoms with Gasteiger partial charge in [0.1, 0.15) is 0 Å². The number of carbonyl (C=O) groups excluding carboxylic acids is 1. The van der Waals surface area contributed by atoms with Crippen molar-refractivity contribution < 1.29 is 14.7 Å². The number of amides is 1. The molecule has 1 aliphatic rings. The fraction of sp³-hybridized carbons (Fsp3) is 0.529. The highest BCUT2D eigenvalue weighted by Crippen LogP contribution is 2.23. The smallest absolute Gasteiger partial charge is 0.308 e. The van der Waals surface area contributed by atoms with Gasteiger partial charge in [-0.3, -0.25) is 9.59 Å². The summed E-state index contributed by atoms with van der Waals surface area (Å²) in [5.74, 6) is -1.16. The maximum absolute atomic E-state index is 12.3. The minimum Gasteiger partial charge on any atom is -0.481 e. The molecule has 5 heteroatoms. The molecule has 1 aliphatic heterocycles. The van der Waals surface area contributed by atoms with Crippen LogP contribution in [0.25, 0.3) is 0 Å². The summed E-state index contributed by atoms with van der Waals surface area (Å²) in [6, 6.07) is 7.78. The van der Waals surface area contributed by atoms with Crippen molar-refractivity contribution in [1.82, 2.24) is 4.90 Å². The zero-order valence-corrected chi connectivity index (χ0v) is 13.6. The molecule has 1 saturated heterocycles. The van der Waals surface area contributed by atoms with Gasteiger partial charge in [-0.2, -0.15) is 0 Å². The van der Waals surface area contributed by atoms with E-state index in [2.05, 4.69) is 0 Å². The fourth-order valence-electron chi connectivity index (χ4n) is 2.89. The van der Waals surface area contributed by atoms with Gasteiger partial charge in [-0.25, -0.2) is 0 Å². The number of aliphatic carboxylic acids is 1. The van der Waals surface area contributed by atoms with Crippen LogP contribution in [0, 0.1) is 5.92 Å². The van der Waals surface area contributed by atoms with Gasteiger partial charge in [0.15, 0.2) is 0 Å². The molecule has 1 aromatic rings. The number of piperidine rings is 1. The molecular weight excluding hydrogens is 302 g/mol. The van der Waals surface area contributed by atoms with E-state index in [-0.39, 0.29) is 11.9 Å². The van der Waals surface area contributed by atoms with E-state index in [1.807, 2.05) is 31.2 Å². The number of carboxylic acids is 1. The predicted octanol–water partition coefficient (Wildman–Crippen LogP) is 3.37. The van der Waals surface area contributed by atoms with Gasteiger partial charge in [-0.1, -0.05) is 23.7 Å². The van der Waals surface area contributed by atoms with Crippen molar-refractivity contribution in [3.8, 4) is 0 Å². The first-order valence-corrected chi connectivity index (χ1v) is 8.12. The first kappa shape index (κ1) is 16.8. The fourth-order valence-corrected chi connectivity index (χ4v) is 3.02. The first-order valence-electron chi connectivity index (χ1n) is 7.74. The van der Waals surface area contributed by atoms with E-state index >= 15 is 0 Å². The minimum absolute atomic E-state index is 0.0624. The minimum atomic E-state index is -0.800. The number of hydrogen-bond donors (Lipinski definition) is 1. The summed E-state index contributed by atoms with van der Waals surface area (Å²) in [5.41, 5.74) is 1.16. The molecule has 1 aromatic carbocycles. The van der Waals surface area contributed by atoms with E-state index in [4.69, 9.17) is 16.7 Å². The number of halogens is 1. The number of hydrogen-bond acceptors (Lipinski definition) is 2. The molecule has 0 radical (unpaired) electrons. The number of benzene rings is 1. The van der Waals surface area contributed by atoms with Crippen LogP contribution in [0.5, 0.6) is 0 Å². The van der Waals surface area contributed by atoms with Crippen molar-refractivity contribution in [3.63, 3.8) is 0 Å². The summed E-state index contributed by atoms with van der Waals surface area (Å²) in [6.07, 6.45) is 3.47. The topological polar surface area (TPSA) is 57.6 Å². The lowest BCUT2D eigenvalue weighted by molar-refractivity contribution is -0.147. The predicted molar refractivity (Wildman–Crippen MR) is 85.9 cm³/mol. The Bertz CT molecular complexity index is 529. The summed E-state index contributed by atoms with van der Waals surface area (Å²) in [5, 5.41) is 9.83. The molecule has 0 spiro atoms. The Labute approximate surface area is 136 Å². The average Bonchev–Trinajstić information content (AvgIpc) is 2.49. The molecule has 1 N–H and O–H groups in total. The molecule has 1 fully saturated rings. The van der Waals surface area contributed by atoms with Crippen LogP contribution in [-0.4, -0.2) is 34.5 Å². The number of nitrogens with zero attached hydrogens (tertiary/aromatic N) is 1. The molecule has 2 atom stereocenters. The second-order valence-electron chi connectivity index (χ2n) is 5.99. The second-order valence-corrected chi connectivity index (χ2v) is 6.42. The number of aryl methyl sites for hydroxylation is 1. The Morgan fingerprint density at radius 1 is 1.27 bits per heavy atom. The molecule has 2 unspecified atom stereocenters. The van der Waals surface area contributed by atoms with E-state index in [9.17, 15) is 9.59 Å². The summed E-state index contributed by atoms with van der Waals surface area (Å²) < 4.78 is 0. The van der Waals surface area contributed by atoms with Gasteiger partial charge in [-0.15, -0.1) is 0 Å². The molecule has 22 heavy (non-hydrogen) atoms. The quantitative estimate of drug-likeness (QED) is 0.903. The van der Waals surface area contributed by atoms with Crippen LogP contribution in [0.2, 0.25) is 5.02 Å². The lowest BCUT2D eigenvalue weighted by Crippen LogP contribution is -2.47. The maximum Gasteiger partial charge on any atom is 0.308 e. The van der Waals surface area contributed by atoms with Crippen LogP contribution in [0.15, 0.2) is 24.3 Å². The third-order valence-electron chi connectivity index (χ3n) is 4.32. The van der Waals surface area contributed by atoms with Gasteiger partial charge < -0.3 is 10.0 Å². The number of rotatable bonds is 5. The zero-order valence-electron chi connectivity index (χ0n) is 12.8. The third-order valence-corrected chi connectivity index (χ3v) is 4.57. The van der Waals surface area contributed by atoms with Gasteiger partial charge in [0.25, 0.3) is 0 Å². The SMILES string of the molecule is CC1CCC(C(=O)O)CN1C(=O)CCCc1ccc(Cl)cc1. The van der Waals surface area contributed by atoms with E-state index in [0.717, 1.165) is 24.8 Å². The Balaban J connectivity index is 1.82. The molecule has 2 rings (SSSR count). The Morgan fingerprint density at radius 2 is 1.95 bits per heavy atom. The Hall–Kier alpha value is -1.55. The summed E-state index contributed by atoms with van der Waals surface area (Å²) in [6.45, 7) is 2.34. The highest BCUT2D eigenvalue weighted by molar-refractivity contribution is 6.30. The van der Waals surface area contributed by atoms with Crippen molar-refractivity contribution in [2.24, 2.45) is 5.92 Å². The van der Waals surface area contributed by atoms with Crippen LogP contribution < -0.4 is 0 Å². The van der Waals surface area contributed by atoms with Crippen LogP contribution >= 0.6 is 11.6 Å². The Morgan fingerprint density at radius 3 is 2.59 bits per heavy atom. The van der Waals surface area contributed by atoms with Crippen LogP contribution in [0.4, 0.5) is 0 Å². The van der Waals surface area contributed by atoms with Crippen molar-refractivity contribution in [2.45, 2.75) is 45.1 Å². The van der Waals surface area contributed by atoms with Gasteiger partial charge in [-0.05, 0) is 50.3 Å². The Kier molecular flexibility index (Phi) is 5.83. The van der Waals surface area contributed by atoms with E-state index in [1.54, 1.807) is 4.90 Å². The lowest BCUT2D eigenvalue weighted by Gasteiger charge is -2.36. The third kappa shape index (κ3) is 4.47. The molecule has 0 bridgehead atoms. The van der Waals surface area contributed by atoms with E-state index in [1.165, 1.54) is 0 Å². The zero-order chi connectivity index (χ0) is 16.1. The summed E-state index contributed by atoms with van der Waals surface area (Å²) in [7, 11) is 0. The van der Waals surface area contributed by atoms with Gasteiger partial charge in [0.2, 0.25) is 5.91 Å². The molecular formula is C17H22ClNO3. The molecule has 1 amide bonds. The average molecular weight is 324 g/mol. The molecule has 1 heterocycles. The van der Waals surface area contributed by atoms with Crippen LogP contribution in [0.1, 0.15) is 38.2 Å². The standard InChI is InChI=1S/C17H22ClNO3/c1-12-5-8-14(17(21)22)11-19(12)16(20)4-2-3-13-6-9-15(18)10-7-13/h6-7,9-10,12,14H,2-5,8,11H2,1H3,(H,21,22).